The summed E-state index contributed by atoms with van der Waals surface area (Å²) in [5.41, 5.74) is 0.668. The number of rotatable bonds is 6. The molecule has 26 heavy (non-hydrogen) atoms. The Balaban J connectivity index is 1.56. The van der Waals surface area contributed by atoms with E-state index in [2.05, 4.69) is 5.32 Å². The first-order valence-corrected chi connectivity index (χ1v) is 8.54. The Labute approximate surface area is 157 Å². The molecule has 0 heterocycles. The standard InChI is InChI=1S/C21H18ClNO3/c1-15(25-19-11-7-16(22)8-12-19)21(24)23-17-9-13-20(14-10-17)26-18-5-3-2-4-6-18/h2-15H,1H3,(H,23,24). The maximum absolute atomic E-state index is 12.3. The molecule has 3 aromatic carbocycles. The van der Waals surface area contributed by atoms with Crippen LogP contribution in [0.5, 0.6) is 17.2 Å². The van der Waals surface area contributed by atoms with Gasteiger partial charge in [0.25, 0.3) is 5.91 Å². The minimum Gasteiger partial charge on any atom is -0.481 e. The smallest absolute Gasteiger partial charge is 0.265 e. The summed E-state index contributed by atoms with van der Waals surface area (Å²) in [6.07, 6.45) is -0.642. The van der Waals surface area contributed by atoms with Crippen molar-refractivity contribution in [3.8, 4) is 17.2 Å². The Hall–Kier alpha value is -2.98. The van der Waals surface area contributed by atoms with Gasteiger partial charge in [0.1, 0.15) is 17.2 Å². The Morgan fingerprint density at radius 1 is 0.846 bits per heavy atom. The number of benzene rings is 3. The maximum atomic E-state index is 12.3. The second-order valence-electron chi connectivity index (χ2n) is 5.64. The molecule has 0 aliphatic carbocycles. The highest BCUT2D eigenvalue weighted by atomic mass is 35.5. The lowest BCUT2D eigenvalue weighted by molar-refractivity contribution is -0.122. The molecule has 1 unspecified atom stereocenters. The normalized spacial score (nSPS) is 11.5. The van der Waals surface area contributed by atoms with Crippen LogP contribution in [-0.2, 0) is 4.79 Å². The summed E-state index contributed by atoms with van der Waals surface area (Å²) in [6.45, 7) is 1.69. The lowest BCUT2D eigenvalue weighted by atomic mass is 10.2. The number of carbonyl (C=O) groups is 1. The number of carbonyl (C=O) groups excluding carboxylic acids is 1. The number of ether oxygens (including phenoxy) is 2. The molecule has 0 aliphatic rings. The van der Waals surface area contributed by atoms with Crippen molar-refractivity contribution in [2.24, 2.45) is 0 Å². The predicted molar refractivity (Wildman–Crippen MR) is 103 cm³/mol. The van der Waals surface area contributed by atoms with Gasteiger partial charge in [-0.15, -0.1) is 0 Å². The Bertz CT molecular complexity index is 849. The predicted octanol–water partition coefficient (Wildman–Crippen LogP) is 5.54. The van der Waals surface area contributed by atoms with Gasteiger partial charge in [0.2, 0.25) is 0 Å². The average Bonchev–Trinajstić information content (AvgIpc) is 2.66. The Kier molecular flexibility index (Phi) is 5.77. The largest absolute Gasteiger partial charge is 0.481 e. The van der Waals surface area contributed by atoms with E-state index in [1.807, 2.05) is 30.3 Å². The third kappa shape index (κ3) is 5.01. The number of para-hydroxylation sites is 1. The molecule has 4 nitrogen and oxygen atoms in total. The summed E-state index contributed by atoms with van der Waals surface area (Å²) in [7, 11) is 0. The van der Waals surface area contributed by atoms with E-state index in [0.29, 0.717) is 22.2 Å². The lowest BCUT2D eigenvalue weighted by Gasteiger charge is -2.15. The van der Waals surface area contributed by atoms with Gasteiger partial charge in [0.15, 0.2) is 6.10 Å². The first-order chi connectivity index (χ1) is 12.6. The first kappa shape index (κ1) is 17.8. The highest BCUT2D eigenvalue weighted by Crippen LogP contribution is 2.23. The van der Waals surface area contributed by atoms with Gasteiger partial charge >= 0.3 is 0 Å². The van der Waals surface area contributed by atoms with Crippen LogP contribution in [0.1, 0.15) is 6.92 Å². The number of nitrogens with one attached hydrogen (secondary N) is 1. The van der Waals surface area contributed by atoms with Crippen LogP contribution in [0.4, 0.5) is 5.69 Å². The van der Waals surface area contributed by atoms with Crippen molar-refractivity contribution in [1.29, 1.82) is 0 Å². The molecule has 3 rings (SSSR count). The number of amides is 1. The third-order valence-corrected chi connectivity index (χ3v) is 3.85. The molecule has 3 aromatic rings. The molecular formula is C21H18ClNO3. The molecule has 5 heteroatoms. The number of hydrogen-bond donors (Lipinski definition) is 1. The molecule has 1 amide bonds. The van der Waals surface area contributed by atoms with E-state index >= 15 is 0 Å². The van der Waals surface area contributed by atoms with Crippen molar-refractivity contribution in [1.82, 2.24) is 0 Å². The van der Waals surface area contributed by atoms with Gasteiger partial charge in [-0.05, 0) is 67.6 Å². The van der Waals surface area contributed by atoms with Gasteiger partial charge in [-0.1, -0.05) is 29.8 Å². The van der Waals surface area contributed by atoms with Crippen LogP contribution in [0, 0.1) is 0 Å². The van der Waals surface area contributed by atoms with E-state index in [4.69, 9.17) is 21.1 Å². The highest BCUT2D eigenvalue weighted by molar-refractivity contribution is 6.30. The van der Waals surface area contributed by atoms with Gasteiger partial charge < -0.3 is 14.8 Å². The van der Waals surface area contributed by atoms with Crippen LogP contribution in [0.25, 0.3) is 0 Å². The minimum atomic E-state index is -0.642. The topological polar surface area (TPSA) is 47.6 Å². The Morgan fingerprint density at radius 3 is 2.08 bits per heavy atom. The highest BCUT2D eigenvalue weighted by Gasteiger charge is 2.15. The van der Waals surface area contributed by atoms with Gasteiger partial charge in [0.05, 0.1) is 0 Å². The van der Waals surface area contributed by atoms with Crippen LogP contribution < -0.4 is 14.8 Å². The van der Waals surface area contributed by atoms with Crippen molar-refractivity contribution in [2.75, 3.05) is 5.32 Å². The summed E-state index contributed by atoms with van der Waals surface area (Å²) in [5.74, 6) is 1.80. The number of halogens is 1. The van der Waals surface area contributed by atoms with E-state index in [1.165, 1.54) is 0 Å². The van der Waals surface area contributed by atoms with Crippen molar-refractivity contribution in [3.05, 3.63) is 83.9 Å². The van der Waals surface area contributed by atoms with Crippen LogP contribution >= 0.6 is 11.6 Å². The molecule has 0 saturated carbocycles. The van der Waals surface area contributed by atoms with Gasteiger partial charge in [-0.2, -0.15) is 0 Å². The third-order valence-electron chi connectivity index (χ3n) is 3.60. The molecule has 0 radical (unpaired) electrons. The van der Waals surface area contributed by atoms with Crippen molar-refractivity contribution < 1.29 is 14.3 Å². The minimum absolute atomic E-state index is 0.239. The van der Waals surface area contributed by atoms with Crippen LogP contribution in [-0.4, -0.2) is 12.0 Å². The van der Waals surface area contributed by atoms with E-state index in [0.717, 1.165) is 5.75 Å². The lowest BCUT2D eigenvalue weighted by Crippen LogP contribution is -2.30. The maximum Gasteiger partial charge on any atom is 0.265 e. The van der Waals surface area contributed by atoms with Crippen LogP contribution in [0.2, 0.25) is 5.02 Å². The molecule has 0 fully saturated rings. The fraction of sp³-hybridized carbons (Fsp3) is 0.0952. The zero-order chi connectivity index (χ0) is 18.4. The zero-order valence-electron chi connectivity index (χ0n) is 14.2. The first-order valence-electron chi connectivity index (χ1n) is 8.16. The van der Waals surface area contributed by atoms with Gasteiger partial charge in [0, 0.05) is 10.7 Å². The van der Waals surface area contributed by atoms with Crippen molar-refractivity contribution in [3.63, 3.8) is 0 Å². The second kappa shape index (κ2) is 8.41. The summed E-state index contributed by atoms with van der Waals surface area (Å²) in [6, 6.07) is 23.5. The number of hydrogen-bond acceptors (Lipinski definition) is 3. The molecular weight excluding hydrogens is 350 g/mol. The molecule has 0 aromatic heterocycles. The van der Waals surface area contributed by atoms with Crippen molar-refractivity contribution in [2.45, 2.75) is 13.0 Å². The van der Waals surface area contributed by atoms with Gasteiger partial charge in [-0.3, -0.25) is 4.79 Å². The van der Waals surface area contributed by atoms with E-state index in [1.54, 1.807) is 55.5 Å². The van der Waals surface area contributed by atoms with Crippen LogP contribution in [0.3, 0.4) is 0 Å². The fourth-order valence-electron chi connectivity index (χ4n) is 2.25. The molecule has 0 aliphatic heterocycles. The summed E-state index contributed by atoms with van der Waals surface area (Å²) < 4.78 is 11.3. The second-order valence-corrected chi connectivity index (χ2v) is 6.08. The van der Waals surface area contributed by atoms with Crippen molar-refractivity contribution >= 4 is 23.2 Å². The van der Waals surface area contributed by atoms with Crippen LogP contribution in [0.15, 0.2) is 78.9 Å². The average molecular weight is 368 g/mol. The summed E-state index contributed by atoms with van der Waals surface area (Å²) in [5, 5.41) is 3.44. The zero-order valence-corrected chi connectivity index (χ0v) is 14.9. The summed E-state index contributed by atoms with van der Waals surface area (Å²) in [4.78, 5) is 12.3. The number of anilines is 1. The molecule has 1 N–H and O–H groups in total. The Morgan fingerprint density at radius 2 is 1.42 bits per heavy atom. The fourth-order valence-corrected chi connectivity index (χ4v) is 2.37. The van der Waals surface area contributed by atoms with E-state index in [9.17, 15) is 4.79 Å². The molecule has 0 bridgehead atoms. The molecule has 132 valence electrons. The van der Waals surface area contributed by atoms with Gasteiger partial charge in [-0.25, -0.2) is 0 Å². The molecule has 1 atom stereocenters. The van der Waals surface area contributed by atoms with E-state index < -0.39 is 6.10 Å². The molecule has 0 spiro atoms. The SMILES string of the molecule is CC(Oc1ccc(Cl)cc1)C(=O)Nc1ccc(Oc2ccccc2)cc1. The monoisotopic (exact) mass is 367 g/mol. The molecule has 0 saturated heterocycles. The summed E-state index contributed by atoms with van der Waals surface area (Å²) >= 11 is 5.84. The quantitative estimate of drug-likeness (QED) is 0.622. The van der Waals surface area contributed by atoms with E-state index in [-0.39, 0.29) is 5.91 Å².